The standard InChI is InChI=1S/C21H21N2/c1-16-11-13-18(14-12-16)21-22(2)19-9-5-6-10-20(19)23(21)15-17-7-3-4-8-17/h3-14,17H,15H2,1-2H3/q+1. The molecule has 0 spiro atoms. The maximum atomic E-state index is 2.45. The van der Waals surface area contributed by atoms with Crippen LogP contribution in [-0.2, 0) is 13.6 Å². The van der Waals surface area contributed by atoms with E-state index in [2.05, 4.69) is 95.9 Å². The molecule has 0 radical (unpaired) electrons. The summed E-state index contributed by atoms with van der Waals surface area (Å²) in [5.41, 5.74) is 5.12. The van der Waals surface area contributed by atoms with Gasteiger partial charge >= 0.3 is 0 Å². The molecule has 23 heavy (non-hydrogen) atoms. The number of aromatic nitrogens is 2. The molecule has 0 atom stereocenters. The van der Waals surface area contributed by atoms with E-state index in [9.17, 15) is 0 Å². The SMILES string of the molecule is Cc1ccc(-c2n(CC3C=CC=C3)c3ccccc3[n+]2C)cc1. The lowest BCUT2D eigenvalue weighted by Gasteiger charge is -2.07. The lowest BCUT2D eigenvalue weighted by molar-refractivity contribution is -0.634. The van der Waals surface area contributed by atoms with Crippen molar-refractivity contribution in [2.45, 2.75) is 13.5 Å². The van der Waals surface area contributed by atoms with Gasteiger partial charge < -0.3 is 0 Å². The number of allylic oxidation sites excluding steroid dienone is 4. The van der Waals surface area contributed by atoms with Crippen LogP contribution in [0.25, 0.3) is 22.4 Å². The summed E-state index contributed by atoms with van der Waals surface area (Å²) < 4.78 is 4.76. The van der Waals surface area contributed by atoms with Crippen LogP contribution in [0.4, 0.5) is 0 Å². The van der Waals surface area contributed by atoms with Crippen LogP contribution in [0.1, 0.15) is 5.56 Å². The summed E-state index contributed by atoms with van der Waals surface area (Å²) in [5.74, 6) is 1.73. The quantitative estimate of drug-likeness (QED) is 0.642. The zero-order valence-electron chi connectivity index (χ0n) is 13.6. The van der Waals surface area contributed by atoms with Crippen molar-refractivity contribution in [1.82, 2.24) is 4.57 Å². The van der Waals surface area contributed by atoms with Crippen molar-refractivity contribution in [1.29, 1.82) is 0 Å². The average Bonchev–Trinajstić information content (AvgIpc) is 3.17. The second-order valence-electron chi connectivity index (χ2n) is 6.28. The van der Waals surface area contributed by atoms with Gasteiger partial charge in [-0.1, -0.05) is 54.1 Å². The number of fused-ring (bicyclic) bond motifs is 1. The fourth-order valence-electron chi connectivity index (χ4n) is 3.43. The summed E-state index contributed by atoms with van der Waals surface area (Å²) in [7, 11) is 2.16. The molecule has 4 rings (SSSR count). The number of hydrogen-bond donors (Lipinski definition) is 0. The van der Waals surface area contributed by atoms with E-state index in [1.54, 1.807) is 0 Å². The Morgan fingerprint density at radius 3 is 2.39 bits per heavy atom. The maximum Gasteiger partial charge on any atom is 0.289 e. The number of benzene rings is 2. The summed E-state index contributed by atoms with van der Waals surface area (Å²) in [5, 5.41) is 0. The third kappa shape index (κ3) is 2.40. The highest BCUT2D eigenvalue weighted by Gasteiger charge is 2.25. The van der Waals surface area contributed by atoms with E-state index in [0.29, 0.717) is 5.92 Å². The molecule has 2 heteroatoms. The van der Waals surface area contributed by atoms with Crippen molar-refractivity contribution in [3.8, 4) is 11.4 Å². The van der Waals surface area contributed by atoms with Crippen LogP contribution in [0, 0.1) is 12.8 Å². The van der Waals surface area contributed by atoms with Gasteiger partial charge in [-0.3, -0.25) is 0 Å². The van der Waals surface area contributed by atoms with Crippen LogP contribution in [0.15, 0.2) is 72.8 Å². The first kappa shape index (κ1) is 14.0. The van der Waals surface area contributed by atoms with Crippen molar-refractivity contribution < 1.29 is 4.57 Å². The Hall–Kier alpha value is -2.61. The summed E-state index contributed by atoms with van der Waals surface area (Å²) in [6.07, 6.45) is 8.82. The molecule has 3 aromatic rings. The first-order valence-electron chi connectivity index (χ1n) is 8.13. The van der Waals surface area contributed by atoms with E-state index in [4.69, 9.17) is 0 Å². The lowest BCUT2D eigenvalue weighted by Crippen LogP contribution is -2.30. The predicted octanol–water partition coefficient (Wildman–Crippen LogP) is 4.18. The zero-order chi connectivity index (χ0) is 15.8. The van der Waals surface area contributed by atoms with Crippen molar-refractivity contribution in [3.63, 3.8) is 0 Å². The number of aryl methyl sites for hydroxylation is 2. The van der Waals surface area contributed by atoms with Gasteiger partial charge in [0, 0.05) is 5.92 Å². The molecule has 1 heterocycles. The summed E-state index contributed by atoms with van der Waals surface area (Å²) in [6.45, 7) is 3.10. The zero-order valence-corrected chi connectivity index (χ0v) is 13.6. The maximum absolute atomic E-state index is 2.45. The first-order chi connectivity index (χ1) is 11.2. The lowest BCUT2D eigenvalue weighted by atomic mass is 10.1. The summed E-state index contributed by atoms with van der Waals surface area (Å²) in [6, 6.07) is 17.5. The molecule has 1 aliphatic carbocycles. The van der Waals surface area contributed by atoms with E-state index in [1.165, 1.54) is 28.0 Å². The van der Waals surface area contributed by atoms with Gasteiger partial charge in [0.25, 0.3) is 5.82 Å². The average molecular weight is 301 g/mol. The van der Waals surface area contributed by atoms with Gasteiger partial charge in [0.2, 0.25) is 0 Å². The van der Waals surface area contributed by atoms with Crippen LogP contribution in [0.2, 0.25) is 0 Å². The fraction of sp³-hybridized carbons (Fsp3) is 0.190. The van der Waals surface area contributed by atoms with Crippen LogP contribution in [0.3, 0.4) is 0 Å². The molecule has 0 N–H and O–H groups in total. The van der Waals surface area contributed by atoms with Crippen LogP contribution in [0.5, 0.6) is 0 Å². The van der Waals surface area contributed by atoms with Crippen molar-refractivity contribution in [3.05, 3.63) is 78.4 Å². The number of imidazole rings is 1. The molecular weight excluding hydrogens is 280 g/mol. The Labute approximate surface area is 137 Å². The molecule has 0 bridgehead atoms. The molecular formula is C21H21N2+. The normalized spacial score (nSPS) is 14.2. The molecule has 2 aromatic carbocycles. The van der Waals surface area contributed by atoms with Gasteiger partial charge in [0.05, 0.1) is 12.6 Å². The van der Waals surface area contributed by atoms with Gasteiger partial charge in [0.15, 0.2) is 11.0 Å². The van der Waals surface area contributed by atoms with Gasteiger partial charge in [-0.15, -0.1) is 0 Å². The fourth-order valence-corrected chi connectivity index (χ4v) is 3.43. The van der Waals surface area contributed by atoms with Crippen LogP contribution < -0.4 is 4.57 Å². The Bertz CT molecular complexity index is 899. The molecule has 0 amide bonds. The van der Waals surface area contributed by atoms with Crippen molar-refractivity contribution in [2.75, 3.05) is 0 Å². The highest BCUT2D eigenvalue weighted by molar-refractivity contribution is 5.76. The number of para-hydroxylation sites is 2. The summed E-state index contributed by atoms with van der Waals surface area (Å²) >= 11 is 0. The Kier molecular flexibility index (Phi) is 3.38. The topological polar surface area (TPSA) is 8.81 Å². The van der Waals surface area contributed by atoms with E-state index < -0.39 is 0 Å². The smallest absolute Gasteiger partial charge is 0.226 e. The van der Waals surface area contributed by atoms with Gasteiger partial charge in [-0.25, -0.2) is 9.13 Å². The predicted molar refractivity (Wildman–Crippen MR) is 95.1 cm³/mol. The monoisotopic (exact) mass is 301 g/mol. The molecule has 0 fully saturated rings. The molecule has 2 nitrogen and oxygen atoms in total. The molecule has 0 aliphatic heterocycles. The van der Waals surface area contributed by atoms with Gasteiger partial charge in [-0.05, 0) is 31.2 Å². The highest BCUT2D eigenvalue weighted by atomic mass is 15.2. The highest BCUT2D eigenvalue weighted by Crippen LogP contribution is 2.25. The summed E-state index contributed by atoms with van der Waals surface area (Å²) in [4.78, 5) is 0. The van der Waals surface area contributed by atoms with E-state index in [0.717, 1.165) is 6.54 Å². The molecule has 114 valence electrons. The van der Waals surface area contributed by atoms with Gasteiger partial charge in [0.1, 0.15) is 6.54 Å². The second kappa shape index (κ2) is 5.54. The first-order valence-corrected chi connectivity index (χ1v) is 8.13. The van der Waals surface area contributed by atoms with E-state index in [1.807, 2.05) is 0 Å². The van der Waals surface area contributed by atoms with Crippen molar-refractivity contribution >= 4 is 11.0 Å². The Balaban J connectivity index is 1.93. The molecule has 0 saturated carbocycles. The molecule has 1 aromatic heterocycles. The van der Waals surface area contributed by atoms with Gasteiger partial charge in [-0.2, -0.15) is 0 Å². The van der Waals surface area contributed by atoms with Crippen LogP contribution in [-0.4, -0.2) is 4.57 Å². The number of nitrogens with zero attached hydrogens (tertiary/aromatic N) is 2. The third-order valence-electron chi connectivity index (χ3n) is 4.64. The molecule has 1 aliphatic rings. The molecule has 0 saturated heterocycles. The minimum atomic E-state index is 0.468. The van der Waals surface area contributed by atoms with Crippen LogP contribution >= 0.6 is 0 Å². The minimum absolute atomic E-state index is 0.468. The van der Waals surface area contributed by atoms with E-state index >= 15 is 0 Å². The number of rotatable bonds is 3. The largest absolute Gasteiger partial charge is 0.289 e. The van der Waals surface area contributed by atoms with Crippen molar-refractivity contribution in [2.24, 2.45) is 13.0 Å². The Morgan fingerprint density at radius 1 is 0.957 bits per heavy atom. The number of hydrogen-bond acceptors (Lipinski definition) is 0. The Morgan fingerprint density at radius 2 is 1.65 bits per heavy atom. The van der Waals surface area contributed by atoms with E-state index in [-0.39, 0.29) is 0 Å². The molecule has 0 unspecified atom stereocenters. The third-order valence-corrected chi connectivity index (χ3v) is 4.64. The second-order valence-corrected chi connectivity index (χ2v) is 6.28. The minimum Gasteiger partial charge on any atom is -0.226 e.